The van der Waals surface area contributed by atoms with Crippen molar-refractivity contribution in [2.45, 2.75) is 13.3 Å². The minimum Gasteiger partial charge on any atom is -0.340 e. The maximum absolute atomic E-state index is 11.8. The molecule has 18 heavy (non-hydrogen) atoms. The predicted molar refractivity (Wildman–Crippen MR) is 72.0 cm³/mol. The van der Waals surface area contributed by atoms with E-state index in [2.05, 4.69) is 4.90 Å². The van der Waals surface area contributed by atoms with Crippen molar-refractivity contribution < 1.29 is 9.59 Å². The van der Waals surface area contributed by atoms with Gasteiger partial charge < -0.3 is 4.90 Å². The van der Waals surface area contributed by atoms with Crippen LogP contribution in [0.15, 0.2) is 17.5 Å². The predicted octanol–water partition coefficient (Wildman–Crippen LogP) is 1.48. The molecule has 1 amide bonds. The van der Waals surface area contributed by atoms with Gasteiger partial charge in [0.15, 0.2) is 5.78 Å². The van der Waals surface area contributed by atoms with E-state index in [0.29, 0.717) is 6.42 Å². The summed E-state index contributed by atoms with van der Waals surface area (Å²) in [4.78, 5) is 28.0. The second kappa shape index (κ2) is 6.11. The molecule has 2 rings (SSSR count). The number of ketones is 1. The fourth-order valence-electron chi connectivity index (χ4n) is 2.11. The topological polar surface area (TPSA) is 40.6 Å². The molecule has 98 valence electrons. The van der Waals surface area contributed by atoms with Gasteiger partial charge in [0.1, 0.15) is 0 Å². The molecule has 1 saturated heterocycles. The van der Waals surface area contributed by atoms with Gasteiger partial charge in [-0.3, -0.25) is 14.5 Å². The lowest BCUT2D eigenvalue weighted by Gasteiger charge is -2.33. The van der Waals surface area contributed by atoms with E-state index in [1.807, 2.05) is 22.4 Å². The number of hydrogen-bond acceptors (Lipinski definition) is 4. The van der Waals surface area contributed by atoms with Crippen LogP contribution >= 0.6 is 11.3 Å². The fourth-order valence-corrected chi connectivity index (χ4v) is 2.80. The Labute approximate surface area is 111 Å². The maximum Gasteiger partial charge on any atom is 0.219 e. The van der Waals surface area contributed by atoms with Crippen molar-refractivity contribution in [3.05, 3.63) is 22.4 Å². The lowest BCUT2D eigenvalue weighted by atomic mass is 10.2. The minimum atomic E-state index is 0.143. The molecule has 0 bridgehead atoms. The maximum atomic E-state index is 11.8. The largest absolute Gasteiger partial charge is 0.340 e. The third-order valence-electron chi connectivity index (χ3n) is 3.27. The van der Waals surface area contributed by atoms with Crippen LogP contribution in [0.3, 0.4) is 0 Å². The van der Waals surface area contributed by atoms with Crippen molar-refractivity contribution >= 4 is 23.0 Å². The van der Waals surface area contributed by atoms with Crippen LogP contribution in [0, 0.1) is 0 Å². The van der Waals surface area contributed by atoms with Crippen molar-refractivity contribution in [1.82, 2.24) is 9.80 Å². The Hall–Kier alpha value is -1.20. The molecule has 1 aliphatic rings. The van der Waals surface area contributed by atoms with Gasteiger partial charge in [0.25, 0.3) is 0 Å². The van der Waals surface area contributed by atoms with Crippen molar-refractivity contribution in [2.75, 3.05) is 32.7 Å². The Morgan fingerprint density at radius 3 is 2.56 bits per heavy atom. The van der Waals surface area contributed by atoms with E-state index in [1.165, 1.54) is 11.3 Å². The Bertz CT molecular complexity index is 409. The van der Waals surface area contributed by atoms with Gasteiger partial charge in [-0.15, -0.1) is 11.3 Å². The first-order chi connectivity index (χ1) is 8.66. The lowest BCUT2D eigenvalue weighted by Crippen LogP contribution is -2.48. The van der Waals surface area contributed by atoms with Crippen LogP contribution in [-0.4, -0.2) is 54.2 Å². The van der Waals surface area contributed by atoms with Gasteiger partial charge in [-0.1, -0.05) is 6.07 Å². The average Bonchev–Trinajstić information content (AvgIpc) is 2.90. The number of carbonyl (C=O) groups excluding carboxylic acids is 2. The molecule has 0 radical (unpaired) electrons. The molecule has 0 aliphatic carbocycles. The molecule has 1 aliphatic heterocycles. The third-order valence-corrected chi connectivity index (χ3v) is 4.18. The van der Waals surface area contributed by atoms with Gasteiger partial charge in [0, 0.05) is 46.1 Å². The van der Waals surface area contributed by atoms with Crippen LogP contribution in [0.1, 0.15) is 23.0 Å². The number of rotatable bonds is 4. The Morgan fingerprint density at radius 2 is 2.00 bits per heavy atom. The summed E-state index contributed by atoms with van der Waals surface area (Å²) in [5, 5.41) is 1.93. The zero-order valence-corrected chi connectivity index (χ0v) is 11.4. The highest BCUT2D eigenvalue weighted by atomic mass is 32.1. The fraction of sp³-hybridized carbons (Fsp3) is 0.538. The SMILES string of the molecule is CC(=O)N1CCN(CCC(=O)c2cccs2)CC1. The van der Waals surface area contributed by atoms with Gasteiger partial charge in [0.05, 0.1) is 4.88 Å². The number of thiophene rings is 1. The van der Waals surface area contributed by atoms with E-state index in [1.54, 1.807) is 6.92 Å². The van der Waals surface area contributed by atoms with Crippen LogP contribution in [-0.2, 0) is 4.79 Å². The van der Waals surface area contributed by atoms with Gasteiger partial charge in [-0.2, -0.15) is 0 Å². The molecule has 0 spiro atoms. The summed E-state index contributed by atoms with van der Waals surface area (Å²) >= 11 is 1.50. The summed E-state index contributed by atoms with van der Waals surface area (Å²) in [5.41, 5.74) is 0. The number of Topliss-reactive ketones (excluding diaryl/α,β-unsaturated/α-hetero) is 1. The zero-order valence-electron chi connectivity index (χ0n) is 10.6. The highest BCUT2D eigenvalue weighted by molar-refractivity contribution is 7.12. The van der Waals surface area contributed by atoms with Crippen molar-refractivity contribution in [3.63, 3.8) is 0 Å². The molecule has 5 heteroatoms. The van der Waals surface area contributed by atoms with E-state index in [0.717, 1.165) is 37.6 Å². The van der Waals surface area contributed by atoms with E-state index >= 15 is 0 Å². The summed E-state index contributed by atoms with van der Waals surface area (Å²) in [7, 11) is 0. The normalized spacial score (nSPS) is 16.8. The van der Waals surface area contributed by atoms with E-state index in [9.17, 15) is 9.59 Å². The summed E-state index contributed by atoms with van der Waals surface area (Å²) in [5.74, 6) is 0.364. The van der Waals surface area contributed by atoms with Crippen LogP contribution in [0.25, 0.3) is 0 Å². The molecule has 1 aromatic heterocycles. The van der Waals surface area contributed by atoms with Gasteiger partial charge in [-0.05, 0) is 11.4 Å². The van der Waals surface area contributed by atoms with Crippen LogP contribution < -0.4 is 0 Å². The minimum absolute atomic E-state index is 0.143. The molecule has 0 unspecified atom stereocenters. The van der Waals surface area contributed by atoms with Gasteiger partial charge >= 0.3 is 0 Å². The first-order valence-corrected chi connectivity index (χ1v) is 7.09. The summed E-state index contributed by atoms with van der Waals surface area (Å²) < 4.78 is 0. The third kappa shape index (κ3) is 3.40. The molecule has 0 atom stereocenters. The summed E-state index contributed by atoms with van der Waals surface area (Å²) in [6.45, 7) is 5.71. The number of carbonyl (C=O) groups is 2. The molecule has 1 fully saturated rings. The number of amides is 1. The quantitative estimate of drug-likeness (QED) is 0.775. The van der Waals surface area contributed by atoms with Crippen LogP contribution in [0.5, 0.6) is 0 Å². The highest BCUT2D eigenvalue weighted by Crippen LogP contribution is 2.12. The summed E-state index contributed by atoms with van der Waals surface area (Å²) in [6, 6.07) is 3.78. The first kappa shape index (κ1) is 13.2. The molecular weight excluding hydrogens is 248 g/mol. The number of nitrogens with zero attached hydrogens (tertiary/aromatic N) is 2. The lowest BCUT2D eigenvalue weighted by molar-refractivity contribution is -0.130. The molecule has 4 nitrogen and oxygen atoms in total. The van der Waals surface area contributed by atoms with Crippen LogP contribution in [0.4, 0.5) is 0 Å². The van der Waals surface area contributed by atoms with Crippen molar-refractivity contribution in [2.24, 2.45) is 0 Å². The molecule has 2 heterocycles. The smallest absolute Gasteiger partial charge is 0.219 e. The standard InChI is InChI=1S/C13H18N2O2S/c1-11(16)15-8-6-14(7-9-15)5-4-12(17)13-3-2-10-18-13/h2-3,10H,4-9H2,1H3. The molecule has 1 aromatic rings. The van der Waals surface area contributed by atoms with Crippen molar-refractivity contribution in [1.29, 1.82) is 0 Å². The molecule has 0 N–H and O–H groups in total. The highest BCUT2D eigenvalue weighted by Gasteiger charge is 2.19. The number of hydrogen-bond donors (Lipinski definition) is 0. The van der Waals surface area contributed by atoms with E-state index < -0.39 is 0 Å². The van der Waals surface area contributed by atoms with E-state index in [-0.39, 0.29) is 11.7 Å². The second-order valence-electron chi connectivity index (χ2n) is 4.50. The first-order valence-electron chi connectivity index (χ1n) is 6.21. The van der Waals surface area contributed by atoms with Crippen molar-refractivity contribution in [3.8, 4) is 0 Å². The Balaban J connectivity index is 1.72. The second-order valence-corrected chi connectivity index (χ2v) is 5.45. The Kier molecular flexibility index (Phi) is 4.49. The molecule has 0 saturated carbocycles. The zero-order chi connectivity index (χ0) is 13.0. The molecule has 0 aromatic carbocycles. The number of piperazine rings is 1. The monoisotopic (exact) mass is 266 g/mol. The summed E-state index contributed by atoms with van der Waals surface area (Å²) in [6.07, 6.45) is 0.570. The molecular formula is C13H18N2O2S. The average molecular weight is 266 g/mol. The van der Waals surface area contributed by atoms with Gasteiger partial charge in [-0.25, -0.2) is 0 Å². The van der Waals surface area contributed by atoms with Crippen LogP contribution in [0.2, 0.25) is 0 Å². The van der Waals surface area contributed by atoms with E-state index in [4.69, 9.17) is 0 Å². The van der Waals surface area contributed by atoms with Gasteiger partial charge in [0.2, 0.25) is 5.91 Å². The Morgan fingerprint density at radius 1 is 1.28 bits per heavy atom.